The van der Waals surface area contributed by atoms with Crippen molar-refractivity contribution in [3.63, 3.8) is 0 Å². The molecule has 4 rings (SSSR count). The summed E-state index contributed by atoms with van der Waals surface area (Å²) in [6.07, 6.45) is 1.25. The molecule has 1 N–H and O–H groups in total. The number of hydrogen-bond donors (Lipinski definition) is 1. The zero-order valence-electron chi connectivity index (χ0n) is 15.3. The van der Waals surface area contributed by atoms with Gasteiger partial charge in [0.15, 0.2) is 5.82 Å². The van der Waals surface area contributed by atoms with Gasteiger partial charge in [-0.1, -0.05) is 54.1 Å². The molecule has 9 heteroatoms. The number of nitrogens with zero attached hydrogens (tertiary/aromatic N) is 4. The third kappa shape index (κ3) is 3.51. The van der Waals surface area contributed by atoms with Crippen LogP contribution in [0.25, 0.3) is 22.3 Å². The second-order valence-corrected chi connectivity index (χ2v) is 6.71. The Morgan fingerprint density at radius 1 is 1.10 bits per heavy atom. The third-order valence-corrected chi connectivity index (χ3v) is 4.66. The molecule has 0 aliphatic rings. The van der Waals surface area contributed by atoms with Crippen LogP contribution in [0.2, 0.25) is 5.02 Å². The molecule has 0 radical (unpaired) electrons. The first-order chi connectivity index (χ1) is 14.5. The first-order valence-electron chi connectivity index (χ1n) is 8.74. The molecule has 0 aliphatic carbocycles. The number of aromatic nitrogens is 2. The van der Waals surface area contributed by atoms with E-state index in [2.05, 4.69) is 10.1 Å². The zero-order valence-corrected chi connectivity index (χ0v) is 16.0. The Hall–Kier alpha value is -4.04. The molecule has 30 heavy (non-hydrogen) atoms. The van der Waals surface area contributed by atoms with Crippen LogP contribution in [-0.4, -0.2) is 25.9 Å². The molecule has 1 heterocycles. The largest absolute Gasteiger partial charge is 0.501 e. The number of fused-ring (bicyclic) bond motifs is 1. The molecule has 0 saturated heterocycles. The van der Waals surface area contributed by atoms with E-state index in [1.807, 2.05) is 18.2 Å². The van der Waals surface area contributed by atoms with Gasteiger partial charge in [0.1, 0.15) is 0 Å². The van der Waals surface area contributed by atoms with Crippen molar-refractivity contribution in [2.75, 3.05) is 0 Å². The molecule has 3 aromatic carbocycles. The summed E-state index contributed by atoms with van der Waals surface area (Å²) in [5, 5.41) is 25.3. The van der Waals surface area contributed by atoms with Crippen LogP contribution in [0.5, 0.6) is 5.75 Å². The number of benzene rings is 3. The maximum atomic E-state index is 13.1. The summed E-state index contributed by atoms with van der Waals surface area (Å²) in [6, 6.07) is 18.4. The maximum absolute atomic E-state index is 13.1. The summed E-state index contributed by atoms with van der Waals surface area (Å²) < 4.78 is 1.13. The molecule has 0 aliphatic heterocycles. The average molecular weight is 421 g/mol. The molecule has 0 saturated carbocycles. The number of phenolic OH excluding ortho intramolecular Hbond substituents is 1. The minimum atomic E-state index is -0.752. The van der Waals surface area contributed by atoms with Crippen molar-refractivity contribution in [1.82, 2.24) is 9.66 Å². The van der Waals surface area contributed by atoms with Gasteiger partial charge in [0, 0.05) is 17.2 Å². The highest BCUT2D eigenvalue weighted by Crippen LogP contribution is 2.34. The Balaban J connectivity index is 1.92. The molecule has 0 spiro atoms. The van der Waals surface area contributed by atoms with Gasteiger partial charge in [-0.3, -0.25) is 14.9 Å². The number of hydrogen-bond acceptors (Lipinski definition) is 6. The summed E-state index contributed by atoms with van der Waals surface area (Å²) >= 11 is 5.88. The standard InChI is InChI=1S/C21H13ClN4O4/c22-16-10-13(11-18(19(16)27)26(29)30)12-23-25-20(14-6-2-1-3-7-14)24-17-9-5-4-8-15(17)21(25)28/h1-12,27H. The lowest BCUT2D eigenvalue weighted by atomic mass is 10.2. The normalized spacial score (nSPS) is 11.2. The van der Waals surface area contributed by atoms with Crippen LogP contribution in [0.1, 0.15) is 5.56 Å². The lowest BCUT2D eigenvalue weighted by molar-refractivity contribution is -0.385. The van der Waals surface area contributed by atoms with Crippen LogP contribution < -0.4 is 5.56 Å². The van der Waals surface area contributed by atoms with Gasteiger partial charge in [-0.25, -0.2) is 4.98 Å². The summed E-state index contributed by atoms with van der Waals surface area (Å²) in [4.78, 5) is 28.0. The van der Waals surface area contributed by atoms with Crippen LogP contribution in [0.15, 0.2) is 76.6 Å². The van der Waals surface area contributed by atoms with Crippen molar-refractivity contribution in [3.8, 4) is 17.1 Å². The van der Waals surface area contributed by atoms with Gasteiger partial charge in [-0.2, -0.15) is 9.78 Å². The zero-order chi connectivity index (χ0) is 21.3. The summed E-state index contributed by atoms with van der Waals surface area (Å²) in [5.41, 5.74) is 0.484. The van der Waals surface area contributed by atoms with Crippen molar-refractivity contribution in [2.24, 2.45) is 5.10 Å². The van der Waals surface area contributed by atoms with Gasteiger partial charge in [0.25, 0.3) is 5.56 Å². The van der Waals surface area contributed by atoms with Crippen LogP contribution in [0.3, 0.4) is 0 Å². The molecule has 0 bridgehead atoms. The maximum Gasteiger partial charge on any atom is 0.312 e. The summed E-state index contributed by atoms with van der Waals surface area (Å²) in [7, 11) is 0. The number of phenols is 1. The fourth-order valence-electron chi connectivity index (χ4n) is 2.95. The van der Waals surface area contributed by atoms with Gasteiger partial charge >= 0.3 is 5.69 Å². The highest BCUT2D eigenvalue weighted by Gasteiger charge is 2.18. The Kier molecular flexibility index (Phi) is 4.99. The number of nitro groups is 1. The van der Waals surface area contributed by atoms with Crippen molar-refractivity contribution < 1.29 is 10.0 Å². The van der Waals surface area contributed by atoms with E-state index in [1.165, 1.54) is 12.3 Å². The third-order valence-electron chi connectivity index (χ3n) is 4.37. The monoisotopic (exact) mass is 420 g/mol. The smallest absolute Gasteiger partial charge is 0.312 e. The molecular weight excluding hydrogens is 408 g/mol. The molecular formula is C21H13ClN4O4. The van der Waals surface area contributed by atoms with E-state index in [9.17, 15) is 20.0 Å². The molecule has 0 atom stereocenters. The highest BCUT2D eigenvalue weighted by atomic mass is 35.5. The number of rotatable bonds is 4. The van der Waals surface area contributed by atoms with Gasteiger partial charge in [0.2, 0.25) is 5.75 Å². The lowest BCUT2D eigenvalue weighted by Gasteiger charge is -2.09. The molecule has 0 fully saturated rings. The predicted octanol–water partition coefficient (Wildman–Crippen LogP) is 4.21. The van der Waals surface area contributed by atoms with Crippen LogP contribution in [-0.2, 0) is 0 Å². The second kappa shape index (κ2) is 7.76. The topological polar surface area (TPSA) is 111 Å². The number of para-hydroxylation sites is 1. The predicted molar refractivity (Wildman–Crippen MR) is 114 cm³/mol. The van der Waals surface area contributed by atoms with Gasteiger partial charge in [-0.15, -0.1) is 0 Å². The van der Waals surface area contributed by atoms with Crippen LogP contribution in [0, 0.1) is 10.1 Å². The highest BCUT2D eigenvalue weighted by molar-refractivity contribution is 6.32. The van der Waals surface area contributed by atoms with Gasteiger partial charge in [0.05, 0.1) is 27.1 Å². The first-order valence-corrected chi connectivity index (χ1v) is 9.12. The van der Waals surface area contributed by atoms with Crippen LogP contribution >= 0.6 is 11.6 Å². The fourth-order valence-corrected chi connectivity index (χ4v) is 3.17. The van der Waals surface area contributed by atoms with E-state index in [-0.39, 0.29) is 10.6 Å². The number of nitro benzene ring substituents is 1. The Morgan fingerprint density at radius 2 is 1.80 bits per heavy atom. The van der Waals surface area contributed by atoms with E-state index in [1.54, 1.807) is 36.4 Å². The summed E-state index contributed by atoms with van der Waals surface area (Å²) in [5.74, 6) is -0.316. The quantitative estimate of drug-likeness (QED) is 0.302. The molecule has 148 valence electrons. The minimum absolute atomic E-state index is 0.196. The first kappa shape index (κ1) is 19.3. The Labute approximate surface area is 174 Å². The van der Waals surface area contributed by atoms with Crippen molar-refractivity contribution in [3.05, 3.63) is 97.8 Å². The number of aromatic hydroxyl groups is 1. The molecule has 0 unspecified atom stereocenters. The summed E-state index contributed by atoms with van der Waals surface area (Å²) in [6.45, 7) is 0. The Morgan fingerprint density at radius 3 is 2.53 bits per heavy atom. The van der Waals surface area contributed by atoms with E-state index >= 15 is 0 Å². The van der Waals surface area contributed by atoms with Gasteiger partial charge < -0.3 is 5.11 Å². The Bertz CT molecular complexity index is 1370. The van der Waals surface area contributed by atoms with E-state index in [0.717, 1.165) is 10.7 Å². The van der Waals surface area contributed by atoms with Gasteiger partial charge in [-0.05, 0) is 18.2 Å². The van der Waals surface area contributed by atoms with E-state index in [4.69, 9.17) is 11.6 Å². The van der Waals surface area contributed by atoms with Crippen LogP contribution in [0.4, 0.5) is 5.69 Å². The molecule has 1 aromatic heterocycles. The SMILES string of the molecule is O=c1c2ccccc2nc(-c2ccccc2)n1N=Cc1cc(Cl)c(O)c([N+](=O)[O-])c1. The average Bonchev–Trinajstić information content (AvgIpc) is 2.75. The van der Waals surface area contributed by atoms with E-state index < -0.39 is 21.9 Å². The number of halogens is 1. The lowest BCUT2D eigenvalue weighted by Crippen LogP contribution is -2.20. The molecule has 0 amide bonds. The minimum Gasteiger partial charge on any atom is -0.501 e. The van der Waals surface area contributed by atoms with E-state index in [0.29, 0.717) is 22.3 Å². The van der Waals surface area contributed by atoms with Crippen molar-refractivity contribution in [1.29, 1.82) is 0 Å². The molecule has 8 nitrogen and oxygen atoms in total. The van der Waals surface area contributed by atoms with Crippen molar-refractivity contribution in [2.45, 2.75) is 0 Å². The fraction of sp³-hybridized carbons (Fsp3) is 0. The van der Waals surface area contributed by atoms with Crippen molar-refractivity contribution >= 4 is 34.4 Å². The molecule has 4 aromatic rings. The second-order valence-electron chi connectivity index (χ2n) is 6.31.